The molecule has 0 amide bonds. The van der Waals surface area contributed by atoms with E-state index >= 15 is 0 Å². The third-order valence-corrected chi connectivity index (χ3v) is 16.7. The highest BCUT2D eigenvalue weighted by atomic mass is 33.1. The molecule has 0 atom stereocenters. The molecular weight excluding hydrogens is 1070 g/mol. The van der Waals surface area contributed by atoms with E-state index in [4.69, 9.17) is 4.42 Å². The smallest absolute Gasteiger partial charge is 0.142 e. The fraction of sp³-hybridized carbons (Fsp3) is 0.247. The maximum atomic E-state index is 6.54. The van der Waals surface area contributed by atoms with Gasteiger partial charge in [-0.3, -0.25) is 0 Å². The van der Waals surface area contributed by atoms with Gasteiger partial charge in [0.1, 0.15) is 11.3 Å². The number of fused-ring (bicyclic) bond motifs is 11. The Morgan fingerprint density at radius 1 is 0.566 bits per heavy atom. The summed E-state index contributed by atoms with van der Waals surface area (Å²) in [6.07, 6.45) is 30.6. The van der Waals surface area contributed by atoms with Gasteiger partial charge in [-0.25, -0.2) is 0 Å². The fourth-order valence-corrected chi connectivity index (χ4v) is 13.4. The highest BCUT2D eigenvalue weighted by Gasteiger charge is 2.36. The van der Waals surface area contributed by atoms with Crippen LogP contribution in [0.2, 0.25) is 0 Å². The van der Waals surface area contributed by atoms with Crippen molar-refractivity contribution in [3.05, 3.63) is 238 Å². The van der Waals surface area contributed by atoms with Gasteiger partial charge in [0.25, 0.3) is 0 Å². The van der Waals surface area contributed by atoms with Crippen LogP contribution in [-0.2, 0) is 18.3 Å². The van der Waals surface area contributed by atoms with Crippen molar-refractivity contribution >= 4 is 103 Å². The molecule has 0 saturated heterocycles. The van der Waals surface area contributed by atoms with Gasteiger partial charge in [-0.05, 0) is 175 Å². The lowest BCUT2D eigenvalue weighted by Crippen LogP contribution is -2.30. The summed E-state index contributed by atoms with van der Waals surface area (Å²) >= 11 is 9.97. The Morgan fingerprint density at radius 2 is 1.12 bits per heavy atom. The summed E-state index contributed by atoms with van der Waals surface area (Å²) in [6, 6.07) is 55.7. The molecule has 0 N–H and O–H groups in total. The van der Waals surface area contributed by atoms with E-state index in [9.17, 15) is 0 Å². The molecule has 1 saturated carbocycles. The Kier molecular flexibility index (Phi) is 19.1. The molecule has 420 valence electrons. The van der Waals surface area contributed by atoms with E-state index in [2.05, 4.69) is 273 Å². The molecule has 83 heavy (non-hydrogen) atoms. The van der Waals surface area contributed by atoms with Gasteiger partial charge in [0.2, 0.25) is 0 Å². The molecule has 5 aliphatic carbocycles. The molecule has 3 heterocycles. The van der Waals surface area contributed by atoms with Gasteiger partial charge in [0.15, 0.2) is 0 Å². The minimum atomic E-state index is -0.0504. The van der Waals surface area contributed by atoms with Crippen molar-refractivity contribution in [1.29, 1.82) is 0 Å². The number of benzene rings is 7. The summed E-state index contributed by atoms with van der Waals surface area (Å²) < 4.78 is 11.4. The molecule has 5 aliphatic rings. The second kappa shape index (κ2) is 27.0. The first-order valence-electron chi connectivity index (χ1n) is 30.0. The van der Waals surface area contributed by atoms with Crippen LogP contribution in [0, 0.1) is 0 Å². The van der Waals surface area contributed by atoms with Crippen molar-refractivity contribution in [1.82, 2.24) is 9.13 Å². The lowest BCUT2D eigenvalue weighted by Gasteiger charge is -2.39. The lowest BCUT2D eigenvalue weighted by atomic mass is 9.65. The number of thiol groups is 3. The van der Waals surface area contributed by atoms with Gasteiger partial charge in [0.05, 0.1) is 22.2 Å². The highest BCUT2D eigenvalue weighted by molar-refractivity contribution is 8.59. The zero-order valence-electron chi connectivity index (χ0n) is 49.2. The number of hydrogen-bond donors (Lipinski definition) is 3. The molecule has 6 heteroatoms. The zero-order chi connectivity index (χ0) is 58.0. The number of aromatic nitrogens is 2. The Labute approximate surface area is 508 Å². The maximum Gasteiger partial charge on any atom is 0.142 e. The van der Waals surface area contributed by atoms with Gasteiger partial charge < -0.3 is 13.6 Å². The number of nitrogens with zero attached hydrogens (tertiary/aromatic N) is 2. The maximum absolute atomic E-state index is 6.54. The van der Waals surface area contributed by atoms with Crippen molar-refractivity contribution < 1.29 is 4.42 Å². The predicted molar refractivity (Wildman–Crippen MR) is 372 cm³/mol. The van der Waals surface area contributed by atoms with Crippen LogP contribution >= 0.6 is 36.0 Å². The van der Waals surface area contributed by atoms with E-state index in [1.807, 2.05) is 6.92 Å². The van der Waals surface area contributed by atoms with Crippen LogP contribution in [0.25, 0.3) is 101 Å². The standard InChI is InChI=1S/C67H50N2O.2C3H8.C3H6.CH4S.H2S2/c1-10-38-67(39-11-1,46-28-32-48(33-29-46)68-61-23-7-4-16-54(61)59-41-44(26-36-63(59)68)51-19-12-21-53-50-15-3-2-14-43(50)40-58(51)53)47-30-34-49(35-31-47)69-62-24-8-5-17-55(62)60-42-45(27-37-64(60)69)52-20-13-22-57-56-18-6-9-25-65(56)70-66(52)57;3*1-3-2;2*1-2/h2,4,7,9,12-14,16-17,19-37,41-42H,1,3,6,10-11,15,18,38-40H2;2*3H2,1-2H3;3H,1H2,2H3;2H,1H3;1-2H. The number of aryl methyl sites for hydroxylation is 1. The fourth-order valence-electron chi connectivity index (χ4n) is 13.4. The van der Waals surface area contributed by atoms with Crippen LogP contribution in [0.15, 0.2) is 198 Å². The van der Waals surface area contributed by atoms with Crippen molar-refractivity contribution in [2.45, 2.75) is 117 Å². The minimum Gasteiger partial charge on any atom is -0.456 e. The second-order valence-corrected chi connectivity index (χ2v) is 22.1. The zero-order valence-corrected chi connectivity index (χ0v) is 51.9. The van der Waals surface area contributed by atoms with Gasteiger partial charge in [0, 0.05) is 61.1 Å². The molecule has 0 radical (unpaired) electrons. The third kappa shape index (κ3) is 11.1. The topological polar surface area (TPSA) is 23.0 Å². The van der Waals surface area contributed by atoms with Gasteiger partial charge in [-0.15, -0.1) is 29.9 Å². The number of allylic oxidation sites excluding steroid dienone is 6. The van der Waals surface area contributed by atoms with E-state index in [0.29, 0.717) is 0 Å². The number of furan rings is 1. The number of rotatable bonds is 6. The first-order chi connectivity index (χ1) is 40.9. The molecule has 7 aromatic carbocycles. The van der Waals surface area contributed by atoms with Crippen molar-refractivity contribution in [2.24, 2.45) is 0 Å². The average molecular weight is 1140 g/mol. The molecule has 15 rings (SSSR count). The molecule has 0 aliphatic heterocycles. The van der Waals surface area contributed by atoms with Crippen LogP contribution in [0.3, 0.4) is 0 Å². The summed E-state index contributed by atoms with van der Waals surface area (Å²) in [7, 11) is 0. The van der Waals surface area contributed by atoms with Gasteiger partial charge in [-0.1, -0.05) is 187 Å². The summed E-state index contributed by atoms with van der Waals surface area (Å²) in [4.78, 5) is 0. The molecule has 3 aromatic heterocycles. The van der Waals surface area contributed by atoms with Crippen LogP contribution in [0.1, 0.15) is 144 Å². The molecule has 0 spiro atoms. The van der Waals surface area contributed by atoms with E-state index in [1.165, 1.54) is 126 Å². The first kappa shape index (κ1) is 58.9. The summed E-state index contributed by atoms with van der Waals surface area (Å²) in [5.41, 5.74) is 30.9. The van der Waals surface area contributed by atoms with Crippen molar-refractivity contribution in [3.63, 3.8) is 0 Å². The Bertz CT molecular complexity index is 4170. The highest BCUT2D eigenvalue weighted by Crippen LogP contribution is 2.48. The molecule has 0 bridgehead atoms. The Balaban J connectivity index is 0.000000549. The number of hydrogen-bond acceptors (Lipinski definition) is 4. The Morgan fingerprint density at radius 3 is 1.83 bits per heavy atom. The monoisotopic (exact) mass is 1140 g/mol. The largest absolute Gasteiger partial charge is 0.456 e. The normalized spacial score (nSPS) is 14.6. The molecule has 0 unspecified atom stereocenters. The van der Waals surface area contributed by atoms with E-state index in [-0.39, 0.29) is 5.41 Å². The van der Waals surface area contributed by atoms with E-state index in [1.54, 1.807) is 17.9 Å². The third-order valence-electron chi connectivity index (χ3n) is 16.7. The second-order valence-electron chi connectivity index (χ2n) is 22.1. The number of para-hydroxylation sites is 2. The van der Waals surface area contributed by atoms with Crippen LogP contribution < -0.4 is 0 Å². The lowest BCUT2D eigenvalue weighted by molar-refractivity contribution is 0.346. The molecule has 10 aromatic rings. The molecule has 1 fully saturated rings. The predicted octanol–water partition coefficient (Wildman–Crippen LogP) is 22.8. The minimum absolute atomic E-state index is 0.0504. The molecule has 3 nitrogen and oxygen atoms in total. The summed E-state index contributed by atoms with van der Waals surface area (Å²) in [5.74, 6) is 1.00. The van der Waals surface area contributed by atoms with Gasteiger partial charge >= 0.3 is 0 Å². The van der Waals surface area contributed by atoms with Crippen LogP contribution in [0.5, 0.6) is 0 Å². The SMILES string of the molecule is C1=C=Cc2c(c3cc(-c4cccc5c6c(oc45)C=CCC6)ccc3n2-c2ccc(C3(c4ccc(-n5c6ccccc6c6cc(-c7cccc8c7CC7=C8CCC=C7)ccc65)cc4)CCCCC3)cc2)C=1.C=CC.CCC.CCC.CS.SS. The molecular formula is C77H78N2OS3. The Hall–Kier alpha value is -7.27. The van der Waals surface area contributed by atoms with E-state index < -0.39 is 0 Å². The van der Waals surface area contributed by atoms with E-state index in [0.717, 1.165) is 78.8 Å². The van der Waals surface area contributed by atoms with Gasteiger partial charge in [-0.2, -0.15) is 12.6 Å². The van der Waals surface area contributed by atoms with Crippen LogP contribution in [0.4, 0.5) is 0 Å². The first-order valence-corrected chi connectivity index (χ1v) is 32.5. The summed E-state index contributed by atoms with van der Waals surface area (Å²) in [5, 5.41) is 5.03. The quantitative estimate of drug-likeness (QED) is 0.0657. The average Bonchev–Trinajstić information content (AvgIpc) is 4.22. The van der Waals surface area contributed by atoms with Crippen molar-refractivity contribution in [3.8, 4) is 33.6 Å². The van der Waals surface area contributed by atoms with Crippen LogP contribution in [-0.4, -0.2) is 15.4 Å². The summed E-state index contributed by atoms with van der Waals surface area (Å²) in [6.45, 7) is 13.8. The van der Waals surface area contributed by atoms with Crippen molar-refractivity contribution in [2.75, 3.05) is 6.26 Å².